The number of hydrogen-bond acceptors (Lipinski definition) is 3. The van der Waals surface area contributed by atoms with Gasteiger partial charge in [0.05, 0.1) is 17.8 Å². The lowest BCUT2D eigenvalue weighted by Crippen LogP contribution is -2.23. The Balaban J connectivity index is 2.05. The summed E-state index contributed by atoms with van der Waals surface area (Å²) in [6.45, 7) is 0.338. The summed E-state index contributed by atoms with van der Waals surface area (Å²) in [5.41, 5.74) is 1.05. The van der Waals surface area contributed by atoms with E-state index in [-0.39, 0.29) is 17.2 Å². The van der Waals surface area contributed by atoms with E-state index in [9.17, 15) is 9.90 Å². The summed E-state index contributed by atoms with van der Waals surface area (Å²) < 4.78 is 2.57. The number of aromatic nitrogens is 2. The number of nitrogens with one attached hydrogen (secondary N) is 1. The average molecular weight is 357 g/mol. The van der Waals surface area contributed by atoms with Gasteiger partial charge in [0.2, 0.25) is 0 Å². The van der Waals surface area contributed by atoms with Crippen LogP contribution in [0.15, 0.2) is 30.5 Å². The zero-order valence-corrected chi connectivity index (χ0v) is 11.9. The van der Waals surface area contributed by atoms with Crippen molar-refractivity contribution in [2.75, 3.05) is 0 Å². The van der Waals surface area contributed by atoms with E-state index in [1.807, 2.05) is 19.3 Å². The number of phenols is 1. The lowest BCUT2D eigenvalue weighted by molar-refractivity contribution is 0.0947. The van der Waals surface area contributed by atoms with Gasteiger partial charge in [-0.15, -0.1) is 0 Å². The van der Waals surface area contributed by atoms with Crippen molar-refractivity contribution in [3.8, 4) is 5.75 Å². The van der Waals surface area contributed by atoms with E-state index in [2.05, 4.69) is 33.0 Å². The van der Waals surface area contributed by atoms with Gasteiger partial charge in [-0.25, -0.2) is 0 Å². The number of rotatable bonds is 3. The molecule has 5 nitrogen and oxygen atoms in total. The first-order valence-corrected chi connectivity index (χ1v) is 6.39. The monoisotopic (exact) mass is 357 g/mol. The molecule has 0 fully saturated rings. The Labute approximate surface area is 118 Å². The predicted molar refractivity (Wildman–Crippen MR) is 75.2 cm³/mol. The molecule has 1 aromatic heterocycles. The largest absolute Gasteiger partial charge is 0.507 e. The Morgan fingerprint density at radius 2 is 2.28 bits per heavy atom. The molecule has 2 N–H and O–H groups in total. The summed E-state index contributed by atoms with van der Waals surface area (Å²) in [6, 6.07) is 6.72. The van der Waals surface area contributed by atoms with Gasteiger partial charge in [0.1, 0.15) is 5.75 Å². The van der Waals surface area contributed by atoms with Crippen molar-refractivity contribution in [1.29, 1.82) is 0 Å². The predicted octanol–water partition coefficient (Wildman–Crippen LogP) is 1.66. The molecule has 1 aromatic carbocycles. The van der Waals surface area contributed by atoms with Crippen LogP contribution in [0.3, 0.4) is 0 Å². The van der Waals surface area contributed by atoms with Gasteiger partial charge >= 0.3 is 0 Å². The third-order valence-electron chi connectivity index (χ3n) is 2.40. The first-order chi connectivity index (χ1) is 8.56. The summed E-state index contributed by atoms with van der Waals surface area (Å²) >= 11 is 2.09. The lowest BCUT2D eigenvalue weighted by atomic mass is 10.2. The molecule has 0 atom stereocenters. The van der Waals surface area contributed by atoms with Crippen molar-refractivity contribution >= 4 is 28.5 Å². The van der Waals surface area contributed by atoms with Crippen LogP contribution in [0.1, 0.15) is 16.1 Å². The van der Waals surface area contributed by atoms with Crippen molar-refractivity contribution in [2.24, 2.45) is 7.05 Å². The number of amides is 1. The summed E-state index contributed by atoms with van der Waals surface area (Å²) in [5.74, 6) is -0.328. The van der Waals surface area contributed by atoms with Crippen LogP contribution < -0.4 is 5.32 Å². The number of phenolic OH excluding ortho intramolecular Hbond substituents is 1. The van der Waals surface area contributed by atoms with Crippen LogP contribution in [0.2, 0.25) is 0 Å². The molecule has 0 saturated carbocycles. The molecule has 0 aliphatic rings. The van der Waals surface area contributed by atoms with Crippen LogP contribution in [0, 0.1) is 3.57 Å². The number of aryl methyl sites for hydroxylation is 1. The van der Waals surface area contributed by atoms with Crippen molar-refractivity contribution in [2.45, 2.75) is 6.54 Å². The minimum atomic E-state index is -0.309. The van der Waals surface area contributed by atoms with Gasteiger partial charge in [-0.05, 0) is 46.9 Å². The summed E-state index contributed by atoms with van der Waals surface area (Å²) in [4.78, 5) is 11.9. The normalized spacial score (nSPS) is 10.3. The molecular formula is C12H12IN3O2. The van der Waals surface area contributed by atoms with Crippen LogP contribution in [0.5, 0.6) is 5.75 Å². The molecule has 0 spiro atoms. The van der Waals surface area contributed by atoms with Gasteiger partial charge in [0.25, 0.3) is 5.91 Å². The standard InChI is InChI=1S/C12H12IN3O2/c1-16-5-4-9(15-16)7-14-12(18)10-6-8(13)2-3-11(10)17/h2-6,17H,7H2,1H3,(H,14,18). The number of benzene rings is 1. The maximum absolute atomic E-state index is 11.9. The number of carbonyl (C=O) groups excluding carboxylic acids is 1. The molecule has 0 unspecified atom stereocenters. The van der Waals surface area contributed by atoms with E-state index < -0.39 is 0 Å². The highest BCUT2D eigenvalue weighted by atomic mass is 127. The van der Waals surface area contributed by atoms with E-state index in [1.165, 1.54) is 6.07 Å². The molecule has 94 valence electrons. The topological polar surface area (TPSA) is 67.2 Å². The Morgan fingerprint density at radius 1 is 1.50 bits per heavy atom. The molecule has 0 radical (unpaired) electrons. The van der Waals surface area contributed by atoms with Crippen LogP contribution in [0.4, 0.5) is 0 Å². The third kappa shape index (κ3) is 3.00. The van der Waals surface area contributed by atoms with Crippen LogP contribution in [-0.2, 0) is 13.6 Å². The van der Waals surface area contributed by atoms with Gasteiger partial charge in [0, 0.05) is 16.8 Å². The van der Waals surface area contributed by atoms with Crippen molar-refractivity contribution in [3.05, 3.63) is 45.3 Å². The number of aromatic hydroxyl groups is 1. The molecule has 2 aromatic rings. The fraction of sp³-hybridized carbons (Fsp3) is 0.167. The van der Waals surface area contributed by atoms with E-state index in [1.54, 1.807) is 16.8 Å². The zero-order chi connectivity index (χ0) is 13.1. The molecule has 1 amide bonds. The molecule has 0 saturated heterocycles. The summed E-state index contributed by atoms with van der Waals surface area (Å²) in [5, 5.41) is 16.5. The average Bonchev–Trinajstić information content (AvgIpc) is 2.75. The van der Waals surface area contributed by atoms with Crippen LogP contribution >= 0.6 is 22.6 Å². The van der Waals surface area contributed by atoms with Crippen molar-refractivity contribution < 1.29 is 9.90 Å². The minimum Gasteiger partial charge on any atom is -0.507 e. The first-order valence-electron chi connectivity index (χ1n) is 5.31. The molecule has 2 rings (SSSR count). The second kappa shape index (κ2) is 5.38. The second-order valence-electron chi connectivity index (χ2n) is 3.82. The summed E-state index contributed by atoms with van der Waals surface area (Å²) in [7, 11) is 1.82. The third-order valence-corrected chi connectivity index (χ3v) is 3.07. The van der Waals surface area contributed by atoms with Gasteiger partial charge < -0.3 is 10.4 Å². The fourth-order valence-corrected chi connectivity index (χ4v) is 2.00. The van der Waals surface area contributed by atoms with Gasteiger partial charge in [-0.1, -0.05) is 0 Å². The molecule has 1 heterocycles. The molecule has 0 aliphatic heterocycles. The molecular weight excluding hydrogens is 345 g/mol. The maximum atomic E-state index is 11.9. The van der Waals surface area contributed by atoms with E-state index in [0.29, 0.717) is 6.54 Å². The zero-order valence-electron chi connectivity index (χ0n) is 9.72. The van der Waals surface area contributed by atoms with E-state index >= 15 is 0 Å². The lowest BCUT2D eigenvalue weighted by Gasteiger charge is -2.06. The molecule has 0 bridgehead atoms. The van der Waals surface area contributed by atoms with Crippen molar-refractivity contribution in [1.82, 2.24) is 15.1 Å². The first kappa shape index (κ1) is 12.9. The number of carbonyl (C=O) groups is 1. The molecule has 0 aliphatic carbocycles. The number of halogens is 1. The van der Waals surface area contributed by atoms with E-state index in [4.69, 9.17) is 0 Å². The van der Waals surface area contributed by atoms with Gasteiger partial charge in [-0.3, -0.25) is 9.48 Å². The smallest absolute Gasteiger partial charge is 0.255 e. The maximum Gasteiger partial charge on any atom is 0.255 e. The van der Waals surface area contributed by atoms with Crippen molar-refractivity contribution in [3.63, 3.8) is 0 Å². The second-order valence-corrected chi connectivity index (χ2v) is 5.07. The highest BCUT2D eigenvalue weighted by molar-refractivity contribution is 14.1. The SMILES string of the molecule is Cn1ccc(CNC(=O)c2cc(I)ccc2O)n1. The quantitative estimate of drug-likeness (QED) is 0.822. The van der Waals surface area contributed by atoms with Gasteiger partial charge in [-0.2, -0.15) is 5.10 Å². The Morgan fingerprint density at radius 3 is 2.94 bits per heavy atom. The highest BCUT2D eigenvalue weighted by Crippen LogP contribution is 2.19. The van der Waals surface area contributed by atoms with Crippen LogP contribution in [-0.4, -0.2) is 20.8 Å². The number of hydrogen-bond donors (Lipinski definition) is 2. The highest BCUT2D eigenvalue weighted by Gasteiger charge is 2.11. The Kier molecular flexibility index (Phi) is 3.85. The fourth-order valence-electron chi connectivity index (χ4n) is 1.51. The molecule has 6 heteroatoms. The Hall–Kier alpha value is -1.57. The number of nitrogens with zero attached hydrogens (tertiary/aromatic N) is 2. The minimum absolute atomic E-state index is 0.0195. The summed E-state index contributed by atoms with van der Waals surface area (Å²) in [6.07, 6.45) is 1.81. The Bertz CT molecular complexity index is 580. The van der Waals surface area contributed by atoms with E-state index in [0.717, 1.165) is 9.26 Å². The van der Waals surface area contributed by atoms with Gasteiger partial charge in [0.15, 0.2) is 0 Å². The van der Waals surface area contributed by atoms with Crippen LogP contribution in [0.25, 0.3) is 0 Å². The molecule has 18 heavy (non-hydrogen) atoms.